The van der Waals surface area contributed by atoms with E-state index >= 15 is 0 Å². The Hall–Kier alpha value is -1.71. The summed E-state index contributed by atoms with van der Waals surface area (Å²) in [5.74, 6) is 0.625. The summed E-state index contributed by atoms with van der Waals surface area (Å²) < 4.78 is 0. The summed E-state index contributed by atoms with van der Waals surface area (Å²) in [5.41, 5.74) is 6.98. The number of carbonyl (C=O) groups is 1. The van der Waals surface area contributed by atoms with Crippen LogP contribution in [0.1, 0.15) is 49.4 Å². The van der Waals surface area contributed by atoms with Crippen molar-refractivity contribution in [2.75, 3.05) is 17.6 Å². The number of nitrogen functional groups attached to an aromatic ring is 1. The van der Waals surface area contributed by atoms with Crippen LogP contribution in [0.15, 0.2) is 18.2 Å². The Morgan fingerprint density at radius 3 is 2.55 bits per heavy atom. The maximum atomic E-state index is 11.0. The van der Waals surface area contributed by atoms with Gasteiger partial charge in [0.25, 0.3) is 0 Å². The van der Waals surface area contributed by atoms with Crippen molar-refractivity contribution in [3.8, 4) is 0 Å². The highest BCUT2D eigenvalue weighted by Gasteiger charge is 2.19. The van der Waals surface area contributed by atoms with E-state index in [9.17, 15) is 4.79 Å². The second-order valence-corrected chi connectivity index (χ2v) is 5.78. The van der Waals surface area contributed by atoms with Gasteiger partial charge in [0.1, 0.15) is 0 Å². The fourth-order valence-electron chi connectivity index (χ4n) is 2.96. The molecule has 0 amide bonds. The third-order valence-electron chi connectivity index (χ3n) is 4.42. The number of rotatable bonds is 5. The minimum atomic E-state index is -0.977. The lowest BCUT2D eigenvalue weighted by molar-refractivity contribution is 0.0698. The molecule has 0 aliphatic heterocycles. The highest BCUT2D eigenvalue weighted by molar-refractivity contribution is 5.94. The first-order valence-electron chi connectivity index (χ1n) is 7.46. The molecule has 20 heavy (non-hydrogen) atoms. The second kappa shape index (κ2) is 6.64. The zero-order chi connectivity index (χ0) is 14.5. The zero-order valence-corrected chi connectivity index (χ0v) is 12.1. The summed E-state index contributed by atoms with van der Waals surface area (Å²) >= 11 is 0. The summed E-state index contributed by atoms with van der Waals surface area (Å²) in [4.78, 5) is 11.0. The Morgan fingerprint density at radius 1 is 1.30 bits per heavy atom. The lowest BCUT2D eigenvalue weighted by atomic mass is 9.81. The fraction of sp³-hybridized carbons (Fsp3) is 0.562. The number of anilines is 2. The molecule has 1 aromatic carbocycles. The average molecular weight is 276 g/mol. The first-order chi connectivity index (χ1) is 9.60. The minimum Gasteiger partial charge on any atom is -0.478 e. The number of benzene rings is 1. The van der Waals surface area contributed by atoms with Crippen LogP contribution in [0.3, 0.4) is 0 Å². The molecule has 1 fully saturated rings. The van der Waals surface area contributed by atoms with E-state index in [1.165, 1.54) is 32.1 Å². The van der Waals surface area contributed by atoms with Crippen molar-refractivity contribution in [1.29, 1.82) is 0 Å². The van der Waals surface area contributed by atoms with E-state index in [1.807, 2.05) is 6.07 Å². The number of carboxylic acids is 1. The first-order valence-corrected chi connectivity index (χ1v) is 7.46. The third kappa shape index (κ3) is 3.65. The van der Waals surface area contributed by atoms with Crippen LogP contribution in [0.4, 0.5) is 11.4 Å². The normalized spacial score (nSPS) is 22.4. The third-order valence-corrected chi connectivity index (χ3v) is 4.42. The van der Waals surface area contributed by atoms with Gasteiger partial charge >= 0.3 is 5.97 Å². The monoisotopic (exact) mass is 276 g/mol. The summed E-state index contributed by atoms with van der Waals surface area (Å²) in [6.07, 6.45) is 6.48. The largest absolute Gasteiger partial charge is 0.478 e. The number of nitrogens with one attached hydrogen (secondary N) is 1. The van der Waals surface area contributed by atoms with Gasteiger partial charge in [-0.25, -0.2) is 4.79 Å². The van der Waals surface area contributed by atoms with Crippen LogP contribution < -0.4 is 11.1 Å². The number of hydrogen-bond donors (Lipinski definition) is 3. The number of nitrogens with two attached hydrogens (primary N) is 1. The van der Waals surface area contributed by atoms with E-state index in [4.69, 9.17) is 10.8 Å². The van der Waals surface area contributed by atoms with Crippen LogP contribution in [-0.2, 0) is 0 Å². The molecule has 4 heteroatoms. The molecule has 0 bridgehead atoms. The number of aromatic carboxylic acids is 1. The molecule has 2 rings (SSSR count). The van der Waals surface area contributed by atoms with Crippen molar-refractivity contribution in [3.05, 3.63) is 23.8 Å². The highest BCUT2D eigenvalue weighted by atomic mass is 16.4. The minimum absolute atomic E-state index is 0.171. The van der Waals surface area contributed by atoms with Gasteiger partial charge in [-0.2, -0.15) is 0 Å². The van der Waals surface area contributed by atoms with Gasteiger partial charge < -0.3 is 16.2 Å². The molecular formula is C16H24N2O2. The molecule has 1 aromatic rings. The van der Waals surface area contributed by atoms with Crippen LogP contribution in [-0.4, -0.2) is 17.6 Å². The van der Waals surface area contributed by atoms with Gasteiger partial charge in [-0.1, -0.05) is 26.2 Å². The average Bonchev–Trinajstić information content (AvgIpc) is 2.46. The van der Waals surface area contributed by atoms with Gasteiger partial charge in [-0.15, -0.1) is 0 Å². The molecule has 0 unspecified atom stereocenters. The zero-order valence-electron chi connectivity index (χ0n) is 12.1. The van der Waals surface area contributed by atoms with Gasteiger partial charge in [0.2, 0.25) is 0 Å². The first kappa shape index (κ1) is 14.7. The molecule has 0 saturated heterocycles. The van der Waals surface area contributed by atoms with E-state index in [1.54, 1.807) is 12.1 Å². The topological polar surface area (TPSA) is 75.3 Å². The van der Waals surface area contributed by atoms with Gasteiger partial charge in [0, 0.05) is 17.9 Å². The molecule has 1 aliphatic carbocycles. The van der Waals surface area contributed by atoms with Crippen LogP contribution in [0.2, 0.25) is 0 Å². The lowest BCUT2D eigenvalue weighted by Gasteiger charge is -2.28. The summed E-state index contributed by atoms with van der Waals surface area (Å²) in [7, 11) is 0. The molecule has 110 valence electrons. The molecule has 4 nitrogen and oxygen atoms in total. The van der Waals surface area contributed by atoms with Crippen LogP contribution in [0.25, 0.3) is 0 Å². The summed E-state index contributed by atoms with van der Waals surface area (Å²) in [5, 5.41) is 12.4. The van der Waals surface area contributed by atoms with E-state index < -0.39 is 5.97 Å². The molecule has 1 saturated carbocycles. The van der Waals surface area contributed by atoms with Crippen molar-refractivity contribution >= 4 is 17.3 Å². The fourth-order valence-corrected chi connectivity index (χ4v) is 2.96. The van der Waals surface area contributed by atoms with E-state index in [0.717, 1.165) is 18.2 Å². The van der Waals surface area contributed by atoms with Crippen LogP contribution in [0.5, 0.6) is 0 Å². The van der Waals surface area contributed by atoms with Gasteiger partial charge in [-0.3, -0.25) is 0 Å². The van der Waals surface area contributed by atoms with Crippen LogP contribution in [0, 0.1) is 11.8 Å². The van der Waals surface area contributed by atoms with Crippen molar-refractivity contribution in [2.45, 2.75) is 39.0 Å². The Morgan fingerprint density at radius 2 is 1.95 bits per heavy atom. The smallest absolute Gasteiger partial charge is 0.337 e. The van der Waals surface area contributed by atoms with E-state index in [0.29, 0.717) is 11.6 Å². The van der Waals surface area contributed by atoms with Crippen molar-refractivity contribution in [3.63, 3.8) is 0 Å². The van der Waals surface area contributed by atoms with Crippen molar-refractivity contribution in [1.82, 2.24) is 0 Å². The van der Waals surface area contributed by atoms with Crippen molar-refractivity contribution < 1.29 is 9.90 Å². The quantitative estimate of drug-likeness (QED) is 0.718. The van der Waals surface area contributed by atoms with Gasteiger partial charge in [0.05, 0.1) is 5.56 Å². The maximum absolute atomic E-state index is 11.0. The molecule has 0 radical (unpaired) electrons. The van der Waals surface area contributed by atoms with Crippen LogP contribution >= 0.6 is 0 Å². The van der Waals surface area contributed by atoms with E-state index in [2.05, 4.69) is 12.2 Å². The van der Waals surface area contributed by atoms with E-state index in [-0.39, 0.29) is 5.56 Å². The molecule has 0 heterocycles. The lowest BCUT2D eigenvalue weighted by Crippen LogP contribution is -2.21. The molecule has 0 aromatic heterocycles. The maximum Gasteiger partial charge on any atom is 0.337 e. The standard InChI is InChI=1S/C16H24N2O2/c1-2-11-3-5-12(6-4-11)10-18-13-7-8-15(17)14(9-13)16(19)20/h7-9,11-12,18H,2-6,10,17H2,1H3,(H,19,20). The molecule has 1 aliphatic rings. The number of carboxylic acid groups (broad SMARTS) is 1. The summed E-state index contributed by atoms with van der Waals surface area (Å²) in [6.45, 7) is 3.18. The second-order valence-electron chi connectivity index (χ2n) is 5.78. The molecular weight excluding hydrogens is 252 g/mol. The van der Waals surface area contributed by atoms with Gasteiger partial charge in [-0.05, 0) is 42.9 Å². The predicted octanol–water partition coefficient (Wildman–Crippen LogP) is 3.60. The molecule has 4 N–H and O–H groups in total. The Kier molecular flexibility index (Phi) is 4.88. The SMILES string of the molecule is CCC1CCC(CNc2ccc(N)c(C(=O)O)c2)CC1. The summed E-state index contributed by atoms with van der Waals surface area (Å²) in [6, 6.07) is 5.12. The van der Waals surface area contributed by atoms with Crippen molar-refractivity contribution in [2.24, 2.45) is 11.8 Å². The Bertz CT molecular complexity index is 466. The highest BCUT2D eigenvalue weighted by Crippen LogP contribution is 2.30. The Labute approximate surface area is 120 Å². The predicted molar refractivity (Wildman–Crippen MR) is 82.0 cm³/mol. The number of hydrogen-bond acceptors (Lipinski definition) is 3. The Balaban J connectivity index is 1.88. The molecule has 0 spiro atoms. The van der Waals surface area contributed by atoms with Gasteiger partial charge in [0.15, 0.2) is 0 Å². The molecule has 0 atom stereocenters.